The predicted octanol–water partition coefficient (Wildman–Crippen LogP) is 2.98. The Balaban J connectivity index is 1.65. The normalized spacial score (nSPS) is 21.2. The van der Waals surface area contributed by atoms with Crippen LogP contribution in [-0.4, -0.2) is 26.9 Å². The monoisotopic (exact) mass is 313 g/mol. The second-order valence-corrected chi connectivity index (χ2v) is 6.38. The van der Waals surface area contributed by atoms with Gasteiger partial charge in [0.25, 0.3) is 0 Å². The molecule has 5 heteroatoms. The van der Waals surface area contributed by atoms with Gasteiger partial charge in [-0.3, -0.25) is 4.79 Å². The number of anilines is 1. The van der Waals surface area contributed by atoms with Gasteiger partial charge in [-0.1, -0.05) is 0 Å². The van der Waals surface area contributed by atoms with E-state index in [-0.39, 0.29) is 17.9 Å². The Morgan fingerprint density at radius 2 is 1.83 bits per heavy atom. The summed E-state index contributed by atoms with van der Waals surface area (Å²) in [4.78, 5) is 12.3. The predicted molar refractivity (Wildman–Crippen MR) is 89.6 cm³/mol. The molecule has 0 unspecified atom stereocenters. The number of carbonyl (C=O) groups is 1. The summed E-state index contributed by atoms with van der Waals surface area (Å²) in [6.07, 6.45) is 2.72. The molecule has 0 spiro atoms. The van der Waals surface area contributed by atoms with E-state index in [2.05, 4.69) is 10.4 Å². The highest BCUT2D eigenvalue weighted by Crippen LogP contribution is 2.25. The van der Waals surface area contributed by atoms with E-state index in [0.717, 1.165) is 48.4 Å². The number of rotatable bonds is 3. The zero-order chi connectivity index (χ0) is 16.4. The van der Waals surface area contributed by atoms with Crippen molar-refractivity contribution in [3.63, 3.8) is 0 Å². The maximum Gasteiger partial charge on any atom is 0.227 e. The average molecular weight is 313 g/mol. The number of aliphatic hydroxyl groups is 1. The first kappa shape index (κ1) is 15.7. The fourth-order valence-corrected chi connectivity index (χ4v) is 3.16. The molecule has 2 aromatic rings. The molecule has 1 heterocycles. The molecule has 1 fully saturated rings. The lowest BCUT2D eigenvalue weighted by atomic mass is 9.87. The highest BCUT2D eigenvalue weighted by Gasteiger charge is 2.25. The van der Waals surface area contributed by atoms with Gasteiger partial charge in [0, 0.05) is 17.3 Å². The first-order valence-corrected chi connectivity index (χ1v) is 8.15. The van der Waals surface area contributed by atoms with Crippen LogP contribution in [0.4, 0.5) is 5.69 Å². The Morgan fingerprint density at radius 1 is 1.17 bits per heavy atom. The molecule has 0 saturated heterocycles. The summed E-state index contributed by atoms with van der Waals surface area (Å²) in [6, 6.07) is 9.76. The van der Waals surface area contributed by atoms with Gasteiger partial charge in [-0.05, 0) is 69.9 Å². The summed E-state index contributed by atoms with van der Waals surface area (Å²) in [7, 11) is 0. The molecule has 0 atom stereocenters. The molecule has 0 radical (unpaired) electrons. The van der Waals surface area contributed by atoms with E-state index in [1.165, 1.54) is 0 Å². The second-order valence-electron chi connectivity index (χ2n) is 6.38. The molecule has 1 saturated carbocycles. The van der Waals surface area contributed by atoms with Crippen LogP contribution < -0.4 is 5.32 Å². The summed E-state index contributed by atoms with van der Waals surface area (Å²) in [5, 5.41) is 17.0. The van der Waals surface area contributed by atoms with Gasteiger partial charge in [0.15, 0.2) is 0 Å². The van der Waals surface area contributed by atoms with Crippen LogP contribution in [0.5, 0.6) is 0 Å². The van der Waals surface area contributed by atoms with Crippen molar-refractivity contribution in [2.75, 3.05) is 5.32 Å². The van der Waals surface area contributed by atoms with Gasteiger partial charge in [0.1, 0.15) is 0 Å². The standard InChI is InChI=1S/C18H23N3O2/c1-12-11-13(2)21(20-12)16-7-5-15(6-8-16)19-18(23)14-3-9-17(22)10-4-14/h5-8,11,14,17,22H,3-4,9-10H2,1-2H3,(H,19,23). The number of aromatic nitrogens is 2. The van der Waals surface area contributed by atoms with E-state index >= 15 is 0 Å². The van der Waals surface area contributed by atoms with Crippen LogP contribution in [-0.2, 0) is 4.79 Å². The number of aliphatic hydroxyl groups excluding tert-OH is 1. The van der Waals surface area contributed by atoms with E-state index < -0.39 is 0 Å². The van der Waals surface area contributed by atoms with Crippen LogP contribution in [0, 0.1) is 19.8 Å². The summed E-state index contributed by atoms with van der Waals surface area (Å²) < 4.78 is 1.89. The van der Waals surface area contributed by atoms with E-state index in [4.69, 9.17) is 0 Å². The fraction of sp³-hybridized carbons (Fsp3) is 0.444. The van der Waals surface area contributed by atoms with Crippen LogP contribution in [0.1, 0.15) is 37.1 Å². The van der Waals surface area contributed by atoms with Gasteiger partial charge < -0.3 is 10.4 Å². The van der Waals surface area contributed by atoms with E-state index in [1.807, 2.05) is 48.9 Å². The maximum atomic E-state index is 12.3. The van der Waals surface area contributed by atoms with Gasteiger partial charge in [0.05, 0.1) is 17.5 Å². The van der Waals surface area contributed by atoms with Crippen LogP contribution in [0.2, 0.25) is 0 Å². The lowest BCUT2D eigenvalue weighted by molar-refractivity contribution is -0.121. The first-order chi connectivity index (χ1) is 11.0. The zero-order valence-electron chi connectivity index (χ0n) is 13.6. The van der Waals surface area contributed by atoms with Crippen molar-refractivity contribution in [2.45, 2.75) is 45.6 Å². The van der Waals surface area contributed by atoms with Gasteiger partial charge in [-0.15, -0.1) is 0 Å². The number of hydrogen-bond donors (Lipinski definition) is 2. The van der Waals surface area contributed by atoms with Crippen LogP contribution in [0.15, 0.2) is 30.3 Å². The number of nitrogens with zero attached hydrogens (tertiary/aromatic N) is 2. The van der Waals surface area contributed by atoms with Gasteiger partial charge in [0.2, 0.25) is 5.91 Å². The quantitative estimate of drug-likeness (QED) is 0.915. The third kappa shape index (κ3) is 3.62. The third-order valence-corrected chi connectivity index (χ3v) is 4.46. The number of nitrogens with one attached hydrogen (secondary N) is 1. The van der Waals surface area contributed by atoms with Crippen molar-refractivity contribution in [3.05, 3.63) is 41.7 Å². The number of amides is 1. The summed E-state index contributed by atoms with van der Waals surface area (Å²) in [5.41, 5.74) is 3.85. The fourth-order valence-electron chi connectivity index (χ4n) is 3.16. The molecule has 1 amide bonds. The summed E-state index contributed by atoms with van der Waals surface area (Å²) in [5.74, 6) is 0.0600. The van der Waals surface area contributed by atoms with E-state index in [9.17, 15) is 9.90 Å². The van der Waals surface area contributed by atoms with Crippen molar-refractivity contribution < 1.29 is 9.90 Å². The van der Waals surface area contributed by atoms with Crippen LogP contribution >= 0.6 is 0 Å². The molecule has 0 aliphatic heterocycles. The topological polar surface area (TPSA) is 67.2 Å². The molecule has 1 aromatic heterocycles. The lowest BCUT2D eigenvalue weighted by Crippen LogP contribution is -2.28. The average Bonchev–Trinajstić information content (AvgIpc) is 2.87. The molecular formula is C18H23N3O2. The highest BCUT2D eigenvalue weighted by atomic mass is 16.3. The Labute approximate surface area is 136 Å². The molecule has 0 bridgehead atoms. The molecular weight excluding hydrogens is 290 g/mol. The molecule has 3 rings (SSSR count). The summed E-state index contributed by atoms with van der Waals surface area (Å²) >= 11 is 0. The largest absolute Gasteiger partial charge is 0.393 e. The molecule has 2 N–H and O–H groups in total. The number of carbonyl (C=O) groups excluding carboxylic acids is 1. The number of aryl methyl sites for hydroxylation is 2. The van der Waals surface area contributed by atoms with E-state index in [0.29, 0.717) is 0 Å². The smallest absolute Gasteiger partial charge is 0.227 e. The SMILES string of the molecule is Cc1cc(C)n(-c2ccc(NC(=O)C3CCC(O)CC3)cc2)n1. The van der Waals surface area contributed by atoms with Gasteiger partial charge in [-0.2, -0.15) is 5.10 Å². The zero-order valence-corrected chi connectivity index (χ0v) is 13.6. The third-order valence-electron chi connectivity index (χ3n) is 4.46. The molecule has 122 valence electrons. The van der Waals surface area contributed by atoms with Crippen molar-refractivity contribution in [2.24, 2.45) is 5.92 Å². The Bertz CT molecular complexity index is 683. The summed E-state index contributed by atoms with van der Waals surface area (Å²) in [6.45, 7) is 3.99. The van der Waals surface area contributed by atoms with Crippen LogP contribution in [0.25, 0.3) is 5.69 Å². The molecule has 23 heavy (non-hydrogen) atoms. The Morgan fingerprint density at radius 3 is 2.39 bits per heavy atom. The van der Waals surface area contributed by atoms with Crippen molar-refractivity contribution in [1.82, 2.24) is 9.78 Å². The van der Waals surface area contributed by atoms with Crippen molar-refractivity contribution in [3.8, 4) is 5.69 Å². The van der Waals surface area contributed by atoms with Crippen molar-refractivity contribution >= 4 is 11.6 Å². The molecule has 5 nitrogen and oxygen atoms in total. The van der Waals surface area contributed by atoms with Gasteiger partial charge in [-0.25, -0.2) is 4.68 Å². The molecule has 1 aliphatic carbocycles. The van der Waals surface area contributed by atoms with Gasteiger partial charge >= 0.3 is 0 Å². The first-order valence-electron chi connectivity index (χ1n) is 8.15. The lowest BCUT2D eigenvalue weighted by Gasteiger charge is -2.24. The van der Waals surface area contributed by atoms with E-state index in [1.54, 1.807) is 0 Å². The number of benzene rings is 1. The van der Waals surface area contributed by atoms with Crippen LogP contribution in [0.3, 0.4) is 0 Å². The maximum absolute atomic E-state index is 12.3. The van der Waals surface area contributed by atoms with Crippen molar-refractivity contribution in [1.29, 1.82) is 0 Å². The molecule has 1 aromatic carbocycles. The minimum Gasteiger partial charge on any atom is -0.393 e. The second kappa shape index (κ2) is 6.54. The minimum absolute atomic E-state index is 0.00841. The Hall–Kier alpha value is -2.14. The highest BCUT2D eigenvalue weighted by molar-refractivity contribution is 5.92. The Kier molecular flexibility index (Phi) is 4.48. The molecule has 1 aliphatic rings. The number of hydrogen-bond acceptors (Lipinski definition) is 3. The minimum atomic E-state index is -0.237.